The molecule has 0 atom stereocenters. The van der Waals surface area contributed by atoms with E-state index in [0.717, 1.165) is 12.4 Å². The zero-order chi connectivity index (χ0) is 10.1. The summed E-state index contributed by atoms with van der Waals surface area (Å²) in [6, 6.07) is 0. The zero-order valence-corrected chi connectivity index (χ0v) is 6.20. The van der Waals surface area contributed by atoms with Gasteiger partial charge < -0.3 is 0 Å². The Morgan fingerprint density at radius 3 is 2.23 bits per heavy atom. The molecule has 0 fully saturated rings. The molecule has 2 nitrogen and oxygen atoms in total. The molecule has 1 rings (SSSR count). The van der Waals surface area contributed by atoms with Crippen molar-refractivity contribution in [1.82, 2.24) is 10.2 Å². The summed E-state index contributed by atoms with van der Waals surface area (Å²) >= 11 is 0. The molecule has 0 radical (unpaired) electrons. The van der Waals surface area contributed by atoms with Gasteiger partial charge in [0.2, 0.25) is 0 Å². The van der Waals surface area contributed by atoms with Crippen LogP contribution in [0.3, 0.4) is 0 Å². The van der Waals surface area contributed by atoms with Gasteiger partial charge in [-0.05, 0) is 5.56 Å². The van der Waals surface area contributed by atoms with E-state index in [0.29, 0.717) is 0 Å². The van der Waals surface area contributed by atoms with Crippen molar-refractivity contribution in [2.24, 2.45) is 0 Å². The zero-order valence-electron chi connectivity index (χ0n) is 6.20. The van der Waals surface area contributed by atoms with Gasteiger partial charge in [0.1, 0.15) is 0 Å². The molecule has 74 valence electrons. The lowest BCUT2D eigenvalue weighted by molar-refractivity contribution is -0.281. The van der Waals surface area contributed by atoms with E-state index in [1.807, 2.05) is 0 Å². The summed E-state index contributed by atoms with van der Waals surface area (Å²) in [5.74, 6) is -4.70. The van der Waals surface area contributed by atoms with Crippen molar-refractivity contribution in [1.29, 1.82) is 0 Å². The summed E-state index contributed by atoms with van der Waals surface area (Å²) in [5.41, 5.74) is -0.178. The molecule has 0 bridgehead atoms. The van der Waals surface area contributed by atoms with Crippen molar-refractivity contribution < 1.29 is 22.0 Å². The molecule has 0 aliphatic carbocycles. The lowest BCUT2D eigenvalue weighted by Gasteiger charge is -2.18. The van der Waals surface area contributed by atoms with Crippen LogP contribution >= 0.6 is 0 Å². The van der Waals surface area contributed by atoms with Crippen molar-refractivity contribution >= 4 is 0 Å². The Balaban J connectivity index is 2.73. The molecule has 1 aromatic heterocycles. The SMILES string of the molecule is FC(F)(F)C(F)(F)Cc1cn[nH]c1. The number of nitrogens with zero attached hydrogens (tertiary/aromatic N) is 1. The average Bonchev–Trinajstić information content (AvgIpc) is 2.35. The number of H-pyrrole nitrogens is 1. The Labute approximate surface area is 69.8 Å². The van der Waals surface area contributed by atoms with Gasteiger partial charge in [-0.3, -0.25) is 5.10 Å². The van der Waals surface area contributed by atoms with E-state index >= 15 is 0 Å². The van der Waals surface area contributed by atoms with Gasteiger partial charge in [-0.15, -0.1) is 0 Å². The van der Waals surface area contributed by atoms with Crippen LogP contribution in [0.25, 0.3) is 0 Å². The van der Waals surface area contributed by atoms with Crippen LogP contribution in [-0.2, 0) is 6.42 Å². The molecular formula is C6H5F5N2. The van der Waals surface area contributed by atoms with Crippen LogP contribution in [0, 0.1) is 0 Å². The highest BCUT2D eigenvalue weighted by atomic mass is 19.4. The van der Waals surface area contributed by atoms with Gasteiger partial charge in [0.05, 0.1) is 6.20 Å². The highest BCUT2D eigenvalue weighted by Crippen LogP contribution is 2.37. The highest BCUT2D eigenvalue weighted by molar-refractivity contribution is 5.06. The molecule has 7 heteroatoms. The standard InChI is InChI=1S/C6H5F5N2/c7-5(8,6(9,10)11)1-4-2-12-13-3-4/h2-3H,1H2,(H,12,13). The van der Waals surface area contributed by atoms with E-state index in [2.05, 4.69) is 10.2 Å². The first kappa shape index (κ1) is 9.94. The van der Waals surface area contributed by atoms with E-state index in [1.165, 1.54) is 0 Å². The van der Waals surface area contributed by atoms with E-state index in [-0.39, 0.29) is 5.56 Å². The maximum absolute atomic E-state index is 12.3. The van der Waals surface area contributed by atoms with Gasteiger partial charge in [-0.1, -0.05) is 0 Å². The number of hydrogen-bond acceptors (Lipinski definition) is 1. The topological polar surface area (TPSA) is 28.7 Å². The number of rotatable bonds is 2. The van der Waals surface area contributed by atoms with Gasteiger partial charge in [0, 0.05) is 12.6 Å². The highest BCUT2D eigenvalue weighted by Gasteiger charge is 2.57. The molecule has 1 N–H and O–H groups in total. The van der Waals surface area contributed by atoms with Crippen LogP contribution in [-0.4, -0.2) is 22.3 Å². The summed E-state index contributed by atoms with van der Waals surface area (Å²) < 4.78 is 59.6. The Bertz CT molecular complexity index is 263. The lowest BCUT2D eigenvalue weighted by atomic mass is 10.1. The van der Waals surface area contributed by atoms with Crippen LogP contribution in [0.1, 0.15) is 5.56 Å². The average molecular weight is 200 g/mol. The second-order valence-electron chi connectivity index (χ2n) is 2.49. The fourth-order valence-electron chi connectivity index (χ4n) is 0.731. The summed E-state index contributed by atoms with van der Waals surface area (Å²) in [6.07, 6.45) is -4.96. The van der Waals surface area contributed by atoms with Gasteiger partial charge >= 0.3 is 12.1 Å². The van der Waals surface area contributed by atoms with Crippen molar-refractivity contribution in [3.63, 3.8) is 0 Å². The molecule has 0 amide bonds. The Morgan fingerprint density at radius 1 is 1.23 bits per heavy atom. The summed E-state index contributed by atoms with van der Waals surface area (Å²) in [7, 11) is 0. The van der Waals surface area contributed by atoms with E-state index in [4.69, 9.17) is 0 Å². The summed E-state index contributed by atoms with van der Waals surface area (Å²) in [4.78, 5) is 0. The Hall–Kier alpha value is -1.14. The van der Waals surface area contributed by atoms with Crippen LogP contribution in [0.4, 0.5) is 22.0 Å². The number of aromatic nitrogens is 2. The summed E-state index contributed by atoms with van der Waals surface area (Å²) in [6.45, 7) is 0. The van der Waals surface area contributed by atoms with Gasteiger partial charge in [-0.25, -0.2) is 0 Å². The second-order valence-corrected chi connectivity index (χ2v) is 2.49. The fourth-order valence-corrected chi connectivity index (χ4v) is 0.731. The third kappa shape index (κ3) is 2.16. The van der Waals surface area contributed by atoms with Gasteiger partial charge in [-0.2, -0.15) is 27.1 Å². The molecule has 1 heterocycles. The molecular weight excluding hydrogens is 195 g/mol. The first-order valence-electron chi connectivity index (χ1n) is 3.25. The molecule has 0 spiro atoms. The van der Waals surface area contributed by atoms with Crippen molar-refractivity contribution in [3.8, 4) is 0 Å². The number of aromatic amines is 1. The molecule has 0 unspecified atom stereocenters. The molecule has 0 aliphatic rings. The molecule has 1 aromatic rings. The quantitative estimate of drug-likeness (QED) is 0.728. The molecule has 0 aliphatic heterocycles. The lowest BCUT2D eigenvalue weighted by Crippen LogP contribution is -2.38. The largest absolute Gasteiger partial charge is 0.453 e. The van der Waals surface area contributed by atoms with Crippen molar-refractivity contribution in [2.75, 3.05) is 0 Å². The van der Waals surface area contributed by atoms with Crippen molar-refractivity contribution in [2.45, 2.75) is 18.5 Å². The predicted molar refractivity (Wildman–Crippen MR) is 33.3 cm³/mol. The van der Waals surface area contributed by atoms with Crippen LogP contribution in [0.2, 0.25) is 0 Å². The van der Waals surface area contributed by atoms with Gasteiger partial charge in [0.25, 0.3) is 0 Å². The maximum atomic E-state index is 12.3. The first-order valence-corrected chi connectivity index (χ1v) is 3.25. The van der Waals surface area contributed by atoms with Crippen LogP contribution < -0.4 is 0 Å². The van der Waals surface area contributed by atoms with Crippen LogP contribution in [0.15, 0.2) is 12.4 Å². The number of hydrogen-bond donors (Lipinski definition) is 1. The minimum absolute atomic E-state index is 0.178. The van der Waals surface area contributed by atoms with E-state index in [1.54, 1.807) is 0 Å². The number of halogens is 5. The summed E-state index contributed by atoms with van der Waals surface area (Å²) in [5, 5.41) is 5.42. The fraction of sp³-hybridized carbons (Fsp3) is 0.500. The monoisotopic (exact) mass is 200 g/mol. The minimum Gasteiger partial charge on any atom is -0.285 e. The number of alkyl halides is 5. The molecule has 13 heavy (non-hydrogen) atoms. The second kappa shape index (κ2) is 2.97. The predicted octanol–water partition coefficient (Wildman–Crippen LogP) is 2.15. The smallest absolute Gasteiger partial charge is 0.285 e. The van der Waals surface area contributed by atoms with Crippen LogP contribution in [0.5, 0.6) is 0 Å². The number of nitrogens with one attached hydrogen (secondary N) is 1. The van der Waals surface area contributed by atoms with E-state index < -0.39 is 18.5 Å². The van der Waals surface area contributed by atoms with Gasteiger partial charge in [0.15, 0.2) is 0 Å². The minimum atomic E-state index is -5.51. The molecule has 0 aromatic carbocycles. The third-order valence-electron chi connectivity index (χ3n) is 1.40. The Kier molecular flexibility index (Phi) is 2.27. The Morgan fingerprint density at radius 2 is 1.85 bits per heavy atom. The molecule has 0 saturated carbocycles. The van der Waals surface area contributed by atoms with Crippen molar-refractivity contribution in [3.05, 3.63) is 18.0 Å². The molecule has 0 saturated heterocycles. The normalized spacial score (nSPS) is 13.3. The maximum Gasteiger partial charge on any atom is 0.453 e. The van der Waals surface area contributed by atoms with E-state index in [9.17, 15) is 22.0 Å². The first-order chi connectivity index (χ1) is 5.83. The third-order valence-corrected chi connectivity index (χ3v) is 1.40.